The zero-order valence-corrected chi connectivity index (χ0v) is 12.7. The largest absolute Gasteiger partial charge is 0.326 e. The van der Waals surface area contributed by atoms with Crippen molar-refractivity contribution in [2.24, 2.45) is 0 Å². The fraction of sp³-hybridized carbons (Fsp3) is 0.278. The summed E-state index contributed by atoms with van der Waals surface area (Å²) in [6, 6.07) is 14.2. The Kier molecular flexibility index (Phi) is 3.42. The first-order chi connectivity index (χ1) is 10.1. The number of rotatable bonds is 1. The minimum absolute atomic E-state index is 0.0545. The molecule has 1 aliphatic heterocycles. The second kappa shape index (κ2) is 5.24. The molecule has 3 heteroatoms. The molecular weight excluding hydrogens is 260 g/mol. The summed E-state index contributed by atoms with van der Waals surface area (Å²) in [4.78, 5) is 14.5. The Hall–Kier alpha value is -2.29. The van der Waals surface area contributed by atoms with Crippen LogP contribution >= 0.6 is 0 Å². The third kappa shape index (κ3) is 2.40. The average Bonchev–Trinajstić information content (AvgIpc) is 2.79. The molecule has 0 saturated carbocycles. The third-order valence-electron chi connectivity index (χ3n) is 4.27. The number of aryl methyl sites for hydroxylation is 1. The highest BCUT2D eigenvalue weighted by Crippen LogP contribution is 2.32. The maximum Gasteiger partial charge on any atom is 0.326 e. The van der Waals surface area contributed by atoms with Crippen LogP contribution in [-0.2, 0) is 6.42 Å². The molecule has 0 aliphatic carbocycles. The smallest absolute Gasteiger partial charge is 0.307 e. The van der Waals surface area contributed by atoms with Gasteiger partial charge in [-0.05, 0) is 56.0 Å². The highest BCUT2D eigenvalue weighted by molar-refractivity contribution is 6.04. The van der Waals surface area contributed by atoms with Gasteiger partial charge in [0.25, 0.3) is 0 Å². The van der Waals surface area contributed by atoms with Gasteiger partial charge in [-0.15, -0.1) is 0 Å². The zero-order valence-electron chi connectivity index (χ0n) is 12.7. The molecule has 3 nitrogen and oxygen atoms in total. The number of urea groups is 1. The predicted molar refractivity (Wildman–Crippen MR) is 87.0 cm³/mol. The molecule has 1 atom stereocenters. The summed E-state index contributed by atoms with van der Waals surface area (Å²) in [7, 11) is 0. The van der Waals surface area contributed by atoms with Gasteiger partial charge in [0.1, 0.15) is 0 Å². The van der Waals surface area contributed by atoms with E-state index in [0.29, 0.717) is 0 Å². The van der Waals surface area contributed by atoms with E-state index in [2.05, 4.69) is 31.3 Å². The molecule has 2 aromatic carbocycles. The quantitative estimate of drug-likeness (QED) is 0.830. The Labute approximate surface area is 125 Å². The fourth-order valence-electron chi connectivity index (χ4n) is 2.94. The van der Waals surface area contributed by atoms with Gasteiger partial charge in [0, 0.05) is 17.4 Å². The first kappa shape index (κ1) is 13.7. The molecule has 1 heterocycles. The minimum atomic E-state index is -0.0545. The average molecular weight is 280 g/mol. The van der Waals surface area contributed by atoms with Crippen LogP contribution in [0.3, 0.4) is 0 Å². The van der Waals surface area contributed by atoms with Crippen molar-refractivity contribution in [3.63, 3.8) is 0 Å². The topological polar surface area (TPSA) is 32.3 Å². The summed E-state index contributed by atoms with van der Waals surface area (Å²) in [6.45, 7) is 6.17. The molecule has 1 unspecified atom stereocenters. The number of hydrogen-bond acceptors (Lipinski definition) is 1. The number of para-hydroxylation sites is 1. The number of amides is 2. The van der Waals surface area contributed by atoms with Crippen molar-refractivity contribution in [2.45, 2.75) is 33.2 Å². The summed E-state index contributed by atoms with van der Waals surface area (Å²) in [5.41, 5.74) is 5.44. The summed E-state index contributed by atoms with van der Waals surface area (Å²) < 4.78 is 0. The molecule has 21 heavy (non-hydrogen) atoms. The van der Waals surface area contributed by atoms with E-state index in [1.54, 1.807) is 0 Å². The van der Waals surface area contributed by atoms with E-state index in [0.717, 1.165) is 23.4 Å². The van der Waals surface area contributed by atoms with Gasteiger partial charge < -0.3 is 5.32 Å². The molecular formula is C18H20N2O. The van der Waals surface area contributed by atoms with Crippen molar-refractivity contribution in [3.05, 3.63) is 59.2 Å². The number of anilines is 2. The van der Waals surface area contributed by atoms with Gasteiger partial charge in [0.05, 0.1) is 0 Å². The number of carbonyl (C=O) groups excluding carboxylic acids is 1. The Morgan fingerprint density at radius 1 is 1.14 bits per heavy atom. The Balaban J connectivity index is 1.88. The number of nitrogens with zero attached hydrogens (tertiary/aromatic N) is 1. The van der Waals surface area contributed by atoms with Crippen LogP contribution in [0.15, 0.2) is 42.5 Å². The molecule has 0 fully saturated rings. The maximum atomic E-state index is 12.7. The van der Waals surface area contributed by atoms with Crippen molar-refractivity contribution >= 4 is 17.4 Å². The molecule has 2 amide bonds. The van der Waals surface area contributed by atoms with Crippen LogP contribution in [0.2, 0.25) is 0 Å². The first-order valence-corrected chi connectivity index (χ1v) is 7.32. The number of benzene rings is 2. The lowest BCUT2D eigenvalue weighted by molar-refractivity contribution is 0.256. The van der Waals surface area contributed by atoms with Crippen LogP contribution in [0.25, 0.3) is 0 Å². The fourth-order valence-corrected chi connectivity index (χ4v) is 2.94. The third-order valence-corrected chi connectivity index (χ3v) is 4.27. The molecule has 3 rings (SSSR count). The van der Waals surface area contributed by atoms with Gasteiger partial charge in [-0.1, -0.05) is 30.3 Å². The molecule has 0 bridgehead atoms. The Morgan fingerprint density at radius 3 is 2.71 bits per heavy atom. The highest BCUT2D eigenvalue weighted by Gasteiger charge is 2.30. The van der Waals surface area contributed by atoms with Crippen molar-refractivity contribution in [1.82, 2.24) is 0 Å². The number of hydrogen-bond donors (Lipinski definition) is 1. The second-order valence-corrected chi connectivity index (χ2v) is 5.73. The lowest BCUT2D eigenvalue weighted by atomic mass is 10.1. The molecule has 0 aromatic heterocycles. The normalized spacial score (nSPS) is 16.7. The van der Waals surface area contributed by atoms with E-state index in [1.807, 2.05) is 42.2 Å². The monoisotopic (exact) mass is 280 g/mol. The van der Waals surface area contributed by atoms with Gasteiger partial charge in [0.2, 0.25) is 0 Å². The molecule has 1 N–H and O–H groups in total. The molecule has 0 spiro atoms. The summed E-state index contributed by atoms with van der Waals surface area (Å²) in [6.07, 6.45) is 0.913. The van der Waals surface area contributed by atoms with Gasteiger partial charge in [0.15, 0.2) is 0 Å². The maximum absolute atomic E-state index is 12.7. The summed E-state index contributed by atoms with van der Waals surface area (Å²) in [5.74, 6) is 0. The van der Waals surface area contributed by atoms with Crippen LogP contribution < -0.4 is 10.2 Å². The van der Waals surface area contributed by atoms with E-state index >= 15 is 0 Å². The van der Waals surface area contributed by atoms with Crippen LogP contribution in [0.5, 0.6) is 0 Å². The van der Waals surface area contributed by atoms with E-state index in [9.17, 15) is 4.79 Å². The van der Waals surface area contributed by atoms with E-state index in [4.69, 9.17) is 0 Å². The molecule has 1 aliphatic rings. The number of carbonyl (C=O) groups is 1. The van der Waals surface area contributed by atoms with Gasteiger partial charge in [-0.25, -0.2) is 4.79 Å². The van der Waals surface area contributed by atoms with Crippen molar-refractivity contribution < 1.29 is 4.79 Å². The molecule has 2 aromatic rings. The Bertz CT molecular complexity index is 693. The van der Waals surface area contributed by atoms with Crippen molar-refractivity contribution in [1.29, 1.82) is 0 Å². The van der Waals surface area contributed by atoms with Gasteiger partial charge >= 0.3 is 6.03 Å². The molecule has 108 valence electrons. The SMILES string of the molecule is Cc1cccc(NC(=O)N2c3ccccc3CC2C)c1C. The standard InChI is InChI=1S/C18H20N2O/c1-12-7-6-9-16(14(12)3)19-18(21)20-13(2)11-15-8-4-5-10-17(15)20/h4-10,13H,11H2,1-3H3,(H,19,21). The van der Waals surface area contributed by atoms with Crippen LogP contribution in [0, 0.1) is 13.8 Å². The van der Waals surface area contributed by atoms with E-state index in [-0.39, 0.29) is 12.1 Å². The summed E-state index contributed by atoms with van der Waals surface area (Å²) >= 11 is 0. The molecule has 0 saturated heterocycles. The van der Waals surface area contributed by atoms with E-state index < -0.39 is 0 Å². The predicted octanol–water partition coefficient (Wildman–Crippen LogP) is 4.29. The van der Waals surface area contributed by atoms with Gasteiger partial charge in [-0.3, -0.25) is 4.90 Å². The first-order valence-electron chi connectivity index (χ1n) is 7.32. The van der Waals surface area contributed by atoms with Crippen LogP contribution in [-0.4, -0.2) is 12.1 Å². The number of nitrogens with one attached hydrogen (secondary N) is 1. The van der Waals surface area contributed by atoms with Crippen molar-refractivity contribution in [2.75, 3.05) is 10.2 Å². The minimum Gasteiger partial charge on any atom is -0.307 e. The zero-order chi connectivity index (χ0) is 15.0. The lowest BCUT2D eigenvalue weighted by Gasteiger charge is -2.23. The second-order valence-electron chi connectivity index (χ2n) is 5.73. The Morgan fingerprint density at radius 2 is 1.90 bits per heavy atom. The highest BCUT2D eigenvalue weighted by atomic mass is 16.2. The van der Waals surface area contributed by atoms with Gasteiger partial charge in [-0.2, -0.15) is 0 Å². The van der Waals surface area contributed by atoms with E-state index in [1.165, 1.54) is 11.1 Å². The molecule has 0 radical (unpaired) electrons. The van der Waals surface area contributed by atoms with Crippen LogP contribution in [0.1, 0.15) is 23.6 Å². The van der Waals surface area contributed by atoms with Crippen LogP contribution in [0.4, 0.5) is 16.2 Å². The van der Waals surface area contributed by atoms with Crippen molar-refractivity contribution in [3.8, 4) is 0 Å². The summed E-state index contributed by atoms with van der Waals surface area (Å²) in [5, 5.41) is 3.05. The lowest BCUT2D eigenvalue weighted by Crippen LogP contribution is -2.39. The number of fused-ring (bicyclic) bond motifs is 1.